The molecule has 0 aliphatic carbocycles. The predicted molar refractivity (Wildman–Crippen MR) is 82.9 cm³/mol. The number of carbonyl (C=O) groups excluding carboxylic acids is 2. The first-order chi connectivity index (χ1) is 11.8. The van der Waals surface area contributed by atoms with Crippen molar-refractivity contribution in [3.8, 4) is 0 Å². The van der Waals surface area contributed by atoms with Gasteiger partial charge in [0, 0.05) is 38.1 Å². The molecule has 9 heteroatoms. The molecule has 6 nitrogen and oxygen atoms in total. The largest absolute Gasteiger partial charge is 0.408 e. The average Bonchev–Trinajstić information content (AvgIpc) is 3.00. The first-order valence-electron chi connectivity index (χ1n) is 7.83. The molecule has 2 aromatic rings. The van der Waals surface area contributed by atoms with Crippen molar-refractivity contribution in [2.75, 3.05) is 6.54 Å². The van der Waals surface area contributed by atoms with Gasteiger partial charge in [-0.2, -0.15) is 13.2 Å². The third kappa shape index (κ3) is 3.59. The fourth-order valence-corrected chi connectivity index (χ4v) is 3.15. The summed E-state index contributed by atoms with van der Waals surface area (Å²) < 4.78 is 41.7. The molecule has 1 fully saturated rings. The molecule has 2 amide bonds. The van der Waals surface area contributed by atoms with Crippen LogP contribution in [0, 0.1) is 0 Å². The predicted octanol–water partition coefficient (Wildman–Crippen LogP) is 2.01. The van der Waals surface area contributed by atoms with Crippen LogP contribution < -0.4 is 5.32 Å². The van der Waals surface area contributed by atoms with Gasteiger partial charge in [0.15, 0.2) is 0 Å². The van der Waals surface area contributed by atoms with Crippen molar-refractivity contribution in [2.45, 2.75) is 38.0 Å². The molecule has 0 spiro atoms. The minimum atomic E-state index is -4.52. The van der Waals surface area contributed by atoms with Crippen LogP contribution in [0.25, 0.3) is 5.65 Å². The lowest BCUT2D eigenvalue weighted by Crippen LogP contribution is -2.58. The molecule has 1 aliphatic heterocycles. The van der Waals surface area contributed by atoms with E-state index in [-0.39, 0.29) is 30.9 Å². The number of hydrogen-bond donors (Lipinski definition) is 1. The molecule has 0 saturated carbocycles. The maximum absolute atomic E-state index is 13.4. The van der Waals surface area contributed by atoms with Gasteiger partial charge in [-0.1, -0.05) is 0 Å². The van der Waals surface area contributed by atoms with E-state index in [1.807, 2.05) is 0 Å². The maximum atomic E-state index is 13.4. The molecule has 25 heavy (non-hydrogen) atoms. The van der Waals surface area contributed by atoms with Crippen LogP contribution in [-0.2, 0) is 4.79 Å². The summed E-state index contributed by atoms with van der Waals surface area (Å²) in [5.74, 6) is -1.05. The lowest BCUT2D eigenvalue weighted by molar-refractivity contribution is -0.184. The smallest absolute Gasteiger partial charge is 0.352 e. The normalized spacial score (nSPS) is 21.4. The molecule has 1 aliphatic rings. The third-order valence-corrected chi connectivity index (χ3v) is 4.26. The Hall–Kier alpha value is -2.58. The molecule has 1 saturated heterocycles. The number of likely N-dealkylation sites (tertiary alicyclic amines) is 1. The molecular formula is C16H17F3N4O2. The minimum Gasteiger partial charge on any atom is -0.352 e. The van der Waals surface area contributed by atoms with E-state index in [1.54, 1.807) is 16.7 Å². The van der Waals surface area contributed by atoms with Crippen LogP contribution in [-0.4, -0.2) is 50.9 Å². The summed E-state index contributed by atoms with van der Waals surface area (Å²) in [5, 5.41) is 2.60. The van der Waals surface area contributed by atoms with E-state index in [1.165, 1.54) is 25.4 Å². The number of rotatable bonds is 2. The molecule has 2 aromatic heterocycles. The number of nitrogens with zero attached hydrogens (tertiary/aromatic N) is 3. The highest BCUT2D eigenvalue weighted by Gasteiger charge is 2.48. The molecule has 0 aromatic carbocycles. The third-order valence-electron chi connectivity index (χ3n) is 4.26. The number of hydrogen-bond acceptors (Lipinski definition) is 3. The molecular weight excluding hydrogens is 337 g/mol. The number of fused-ring (bicyclic) bond motifs is 1. The van der Waals surface area contributed by atoms with Gasteiger partial charge in [-0.3, -0.25) is 9.59 Å². The van der Waals surface area contributed by atoms with Gasteiger partial charge in [0.25, 0.3) is 5.91 Å². The van der Waals surface area contributed by atoms with Crippen molar-refractivity contribution in [3.63, 3.8) is 0 Å². The zero-order chi connectivity index (χ0) is 18.2. The molecule has 2 atom stereocenters. The number of pyridine rings is 1. The SMILES string of the molecule is CC(=O)N[C@@H]1CC[C@@H](C(F)(F)F)N(C(=O)c2ccc3nccn3c2)C1. The highest BCUT2D eigenvalue weighted by molar-refractivity contribution is 5.94. The Labute approximate surface area is 141 Å². The van der Waals surface area contributed by atoms with E-state index >= 15 is 0 Å². The second kappa shape index (κ2) is 6.38. The summed E-state index contributed by atoms with van der Waals surface area (Å²) in [7, 11) is 0. The summed E-state index contributed by atoms with van der Waals surface area (Å²) >= 11 is 0. The van der Waals surface area contributed by atoms with Crippen molar-refractivity contribution in [3.05, 3.63) is 36.3 Å². The van der Waals surface area contributed by atoms with E-state index in [9.17, 15) is 22.8 Å². The highest BCUT2D eigenvalue weighted by atomic mass is 19.4. The zero-order valence-corrected chi connectivity index (χ0v) is 13.5. The van der Waals surface area contributed by atoms with E-state index in [4.69, 9.17) is 0 Å². The number of imidazole rings is 1. The van der Waals surface area contributed by atoms with Gasteiger partial charge in [-0.25, -0.2) is 4.98 Å². The quantitative estimate of drug-likeness (QED) is 0.897. The van der Waals surface area contributed by atoms with Crippen LogP contribution in [0.1, 0.15) is 30.1 Å². The summed E-state index contributed by atoms with van der Waals surface area (Å²) in [6.07, 6.45) is 0.0250. The standard InChI is InChI=1S/C16H17F3N4O2/c1-10(24)21-12-3-4-13(16(17,18)19)23(9-12)15(25)11-2-5-14-20-6-7-22(14)8-11/h2,5-8,12-13H,3-4,9H2,1H3,(H,21,24)/t12-,13+/m1/s1. The lowest BCUT2D eigenvalue weighted by atomic mass is 9.96. The van der Waals surface area contributed by atoms with E-state index in [2.05, 4.69) is 10.3 Å². The second-order valence-electron chi connectivity index (χ2n) is 6.10. The van der Waals surface area contributed by atoms with Crippen molar-refractivity contribution in [2.24, 2.45) is 0 Å². The van der Waals surface area contributed by atoms with Gasteiger partial charge in [0.1, 0.15) is 11.7 Å². The summed E-state index contributed by atoms with van der Waals surface area (Å²) in [4.78, 5) is 28.8. The number of piperidine rings is 1. The molecule has 3 heterocycles. The molecule has 1 N–H and O–H groups in total. The number of nitrogens with one attached hydrogen (secondary N) is 1. The van der Waals surface area contributed by atoms with Gasteiger partial charge >= 0.3 is 6.18 Å². The first kappa shape index (κ1) is 17.2. The van der Waals surface area contributed by atoms with Gasteiger partial charge in [-0.05, 0) is 25.0 Å². The molecule has 0 radical (unpaired) electrons. The number of carbonyl (C=O) groups is 2. The van der Waals surface area contributed by atoms with Gasteiger partial charge in [-0.15, -0.1) is 0 Å². The molecule has 0 unspecified atom stereocenters. The fraction of sp³-hybridized carbons (Fsp3) is 0.438. The molecule has 3 rings (SSSR count). The fourth-order valence-electron chi connectivity index (χ4n) is 3.15. The van der Waals surface area contributed by atoms with E-state index < -0.39 is 24.2 Å². The summed E-state index contributed by atoms with van der Waals surface area (Å²) in [5.41, 5.74) is 0.738. The van der Waals surface area contributed by atoms with Crippen LogP contribution in [0.15, 0.2) is 30.7 Å². The number of amides is 2. The van der Waals surface area contributed by atoms with Crippen LogP contribution in [0.4, 0.5) is 13.2 Å². The topological polar surface area (TPSA) is 66.7 Å². The van der Waals surface area contributed by atoms with Gasteiger partial charge in [0.2, 0.25) is 5.91 Å². The minimum absolute atomic E-state index is 0.142. The first-order valence-corrected chi connectivity index (χ1v) is 7.83. The lowest BCUT2D eigenvalue weighted by Gasteiger charge is -2.40. The highest BCUT2D eigenvalue weighted by Crippen LogP contribution is 2.33. The monoisotopic (exact) mass is 354 g/mol. The van der Waals surface area contributed by atoms with Crippen molar-refractivity contribution in [1.82, 2.24) is 19.6 Å². The van der Waals surface area contributed by atoms with Crippen LogP contribution in [0.5, 0.6) is 0 Å². The van der Waals surface area contributed by atoms with Crippen molar-refractivity contribution >= 4 is 17.5 Å². The Balaban J connectivity index is 1.89. The van der Waals surface area contributed by atoms with Gasteiger partial charge < -0.3 is 14.6 Å². The van der Waals surface area contributed by atoms with E-state index in [0.717, 1.165) is 4.90 Å². The second-order valence-corrected chi connectivity index (χ2v) is 6.10. The van der Waals surface area contributed by atoms with Gasteiger partial charge in [0.05, 0.1) is 5.56 Å². The Morgan fingerprint density at radius 1 is 1.28 bits per heavy atom. The maximum Gasteiger partial charge on any atom is 0.408 e. The average molecular weight is 354 g/mol. The summed E-state index contributed by atoms with van der Waals surface area (Å²) in [6, 6.07) is 0.686. The molecule has 0 bridgehead atoms. The zero-order valence-electron chi connectivity index (χ0n) is 13.5. The van der Waals surface area contributed by atoms with Crippen molar-refractivity contribution in [1.29, 1.82) is 0 Å². The number of alkyl halides is 3. The Bertz CT molecular complexity index is 802. The number of aromatic nitrogens is 2. The van der Waals surface area contributed by atoms with Crippen molar-refractivity contribution < 1.29 is 22.8 Å². The van der Waals surface area contributed by atoms with Crippen LogP contribution in [0.2, 0.25) is 0 Å². The number of halogens is 3. The molecule has 134 valence electrons. The Morgan fingerprint density at radius 2 is 2.04 bits per heavy atom. The van der Waals surface area contributed by atoms with E-state index in [0.29, 0.717) is 5.65 Å². The van der Waals surface area contributed by atoms with Crippen LogP contribution >= 0.6 is 0 Å². The summed E-state index contributed by atoms with van der Waals surface area (Å²) in [6.45, 7) is 1.12. The van der Waals surface area contributed by atoms with Crippen LogP contribution in [0.3, 0.4) is 0 Å². The Morgan fingerprint density at radius 3 is 2.72 bits per heavy atom. The Kier molecular flexibility index (Phi) is 4.40.